The number of methoxy groups -OCH3 is 3. The Morgan fingerprint density at radius 3 is 2.15 bits per heavy atom. The second-order valence-corrected chi connectivity index (χ2v) is 14.8. The molecule has 0 fully saturated rings. The van der Waals surface area contributed by atoms with Crippen molar-refractivity contribution in [1.82, 2.24) is 0 Å². The van der Waals surface area contributed by atoms with Gasteiger partial charge in [0, 0.05) is 16.9 Å². The van der Waals surface area contributed by atoms with Gasteiger partial charge in [-0.15, -0.1) is 11.8 Å². The third kappa shape index (κ3) is 5.45. The van der Waals surface area contributed by atoms with E-state index in [0.717, 1.165) is 17.0 Å². The summed E-state index contributed by atoms with van der Waals surface area (Å²) in [5, 5.41) is 0.745. The molecule has 6 nitrogen and oxygen atoms in total. The Bertz CT molecular complexity index is 1020. The van der Waals surface area contributed by atoms with Gasteiger partial charge in [0.1, 0.15) is 6.04 Å². The Balaban J connectivity index is 1.78. The lowest BCUT2D eigenvalue weighted by Crippen LogP contribution is -2.40. The largest absolute Gasteiger partial charge is 0.493 e. The van der Waals surface area contributed by atoms with Gasteiger partial charge in [0.2, 0.25) is 5.75 Å². The maximum absolute atomic E-state index is 13.2. The van der Waals surface area contributed by atoms with Crippen molar-refractivity contribution in [2.24, 2.45) is 4.99 Å². The van der Waals surface area contributed by atoms with Gasteiger partial charge < -0.3 is 19.0 Å². The molecule has 0 unspecified atom stereocenters. The van der Waals surface area contributed by atoms with E-state index in [1.807, 2.05) is 13.1 Å². The van der Waals surface area contributed by atoms with E-state index in [-0.39, 0.29) is 10.8 Å². The fourth-order valence-corrected chi connectivity index (χ4v) is 5.26. The van der Waals surface area contributed by atoms with Crippen LogP contribution >= 0.6 is 11.8 Å². The smallest absolute Gasteiger partial charge is 0.203 e. The molecule has 1 atom stereocenters. The molecule has 2 aromatic carbocycles. The van der Waals surface area contributed by atoms with E-state index in [2.05, 4.69) is 38.1 Å². The van der Waals surface area contributed by atoms with Gasteiger partial charge in [-0.25, -0.2) is 0 Å². The number of ketones is 1. The van der Waals surface area contributed by atoms with Crippen LogP contribution in [0.2, 0.25) is 18.1 Å². The minimum absolute atomic E-state index is 0.0785. The van der Waals surface area contributed by atoms with Crippen LogP contribution in [0.25, 0.3) is 0 Å². The van der Waals surface area contributed by atoms with E-state index < -0.39 is 14.4 Å². The number of carbonyl (C=O) groups excluding carboxylic acids is 1. The molecule has 1 aliphatic rings. The summed E-state index contributed by atoms with van der Waals surface area (Å²) in [6.07, 6.45) is 0.824. The van der Waals surface area contributed by atoms with E-state index in [9.17, 15) is 9.59 Å². The van der Waals surface area contributed by atoms with Gasteiger partial charge in [-0.3, -0.25) is 9.79 Å². The summed E-state index contributed by atoms with van der Waals surface area (Å²) in [6, 6.07) is 11.2. The second kappa shape index (κ2) is 9.91. The summed E-state index contributed by atoms with van der Waals surface area (Å²) in [5.41, 5.74) is 2.67. The van der Waals surface area contributed by atoms with Gasteiger partial charge in [0.15, 0.2) is 25.6 Å². The SMILES string of the molecule is COc1cc(C(=O)[C@@H]2CSC(c3ccc(CC(C)(C)[Si](C)(C)O)cc3)=N2)cc(OC)c1OC. The van der Waals surface area contributed by atoms with Gasteiger partial charge in [0.25, 0.3) is 0 Å². The van der Waals surface area contributed by atoms with Crippen molar-refractivity contribution in [3.63, 3.8) is 0 Å². The number of hydrogen-bond acceptors (Lipinski definition) is 7. The number of Topliss-reactive ketones (excluding diaryl/α,β-unsaturated/α-hetero) is 1. The highest BCUT2D eigenvalue weighted by atomic mass is 32.2. The number of hydrogen-bond donors (Lipinski definition) is 1. The number of rotatable bonds is 9. The quantitative estimate of drug-likeness (QED) is 0.397. The van der Waals surface area contributed by atoms with Crippen LogP contribution in [0.5, 0.6) is 17.2 Å². The summed E-state index contributed by atoms with van der Waals surface area (Å²) in [6.45, 7) is 8.22. The van der Waals surface area contributed by atoms with Crippen LogP contribution in [0, 0.1) is 0 Å². The Morgan fingerprint density at radius 2 is 1.67 bits per heavy atom. The van der Waals surface area contributed by atoms with Gasteiger partial charge in [-0.1, -0.05) is 38.1 Å². The maximum atomic E-state index is 13.2. The van der Waals surface area contributed by atoms with Gasteiger partial charge >= 0.3 is 0 Å². The van der Waals surface area contributed by atoms with Crippen molar-refractivity contribution < 1.29 is 23.8 Å². The van der Waals surface area contributed by atoms with Crippen molar-refractivity contribution in [1.29, 1.82) is 0 Å². The number of nitrogens with zero attached hydrogens (tertiary/aromatic N) is 1. The summed E-state index contributed by atoms with van der Waals surface area (Å²) in [7, 11) is 2.32. The first-order valence-corrected chi connectivity index (χ1v) is 14.8. The van der Waals surface area contributed by atoms with Crippen LogP contribution in [0.1, 0.15) is 35.3 Å². The van der Waals surface area contributed by atoms with Gasteiger partial charge in [0.05, 0.1) is 26.4 Å². The molecule has 1 aliphatic heterocycles. The molecule has 1 N–H and O–H groups in total. The highest BCUT2D eigenvalue weighted by molar-refractivity contribution is 8.14. The molecule has 0 saturated carbocycles. The van der Waals surface area contributed by atoms with E-state index >= 15 is 0 Å². The van der Waals surface area contributed by atoms with Crippen LogP contribution < -0.4 is 14.2 Å². The average molecular weight is 488 g/mol. The van der Waals surface area contributed by atoms with Crippen LogP contribution in [0.15, 0.2) is 41.4 Å². The van der Waals surface area contributed by atoms with E-state index in [0.29, 0.717) is 28.6 Å². The predicted molar refractivity (Wildman–Crippen MR) is 137 cm³/mol. The fraction of sp³-hybridized carbons (Fsp3) is 0.440. The van der Waals surface area contributed by atoms with Crippen molar-refractivity contribution in [3.8, 4) is 17.2 Å². The first-order valence-electron chi connectivity index (χ1n) is 10.9. The lowest BCUT2D eigenvalue weighted by molar-refractivity contribution is 0.0971. The molecule has 0 radical (unpaired) electrons. The fourth-order valence-electron chi connectivity index (χ4n) is 3.57. The molecule has 0 spiro atoms. The number of carbonyl (C=O) groups is 1. The molecule has 2 aromatic rings. The first kappa shape index (κ1) is 25.3. The number of thioether (sulfide) groups is 1. The standard InChI is InChI=1S/C25H33NO5SSi/c1-25(2,33(6,7)28)14-16-8-10-17(11-9-16)24-26-19(15-32-24)22(27)18-12-20(29-3)23(31-5)21(13-18)30-4/h8-13,19,28H,14-15H2,1-7H3/t19-/m0/s1. The summed E-state index contributed by atoms with van der Waals surface area (Å²) < 4.78 is 16.1. The zero-order valence-corrected chi connectivity index (χ0v) is 22.2. The van der Waals surface area contributed by atoms with Crippen molar-refractivity contribution in [3.05, 3.63) is 53.1 Å². The normalized spacial score (nSPS) is 16.4. The van der Waals surface area contributed by atoms with E-state index in [4.69, 9.17) is 19.2 Å². The van der Waals surface area contributed by atoms with Crippen molar-refractivity contribution in [2.75, 3.05) is 27.1 Å². The molecule has 178 valence electrons. The Hall–Kier alpha value is -2.29. The molecule has 0 aliphatic carbocycles. The molecule has 0 aromatic heterocycles. The number of aliphatic imine (C=N–C) groups is 1. The predicted octanol–water partition coefficient (Wildman–Crippen LogP) is 4.98. The first-order chi connectivity index (χ1) is 15.5. The zero-order chi connectivity index (χ0) is 24.4. The molecule has 3 rings (SSSR count). The zero-order valence-electron chi connectivity index (χ0n) is 20.4. The number of ether oxygens (including phenoxy) is 3. The Labute approximate surface area is 201 Å². The number of benzene rings is 2. The Kier molecular flexibility index (Phi) is 7.61. The molecule has 0 bridgehead atoms. The Morgan fingerprint density at radius 1 is 1.09 bits per heavy atom. The van der Waals surface area contributed by atoms with Gasteiger partial charge in [-0.05, 0) is 42.2 Å². The van der Waals surface area contributed by atoms with E-state index in [1.165, 1.54) is 26.9 Å². The highest BCUT2D eigenvalue weighted by Crippen LogP contribution is 2.40. The highest BCUT2D eigenvalue weighted by Gasteiger charge is 2.38. The summed E-state index contributed by atoms with van der Waals surface area (Å²) in [4.78, 5) is 28.5. The summed E-state index contributed by atoms with van der Waals surface area (Å²) in [5.74, 6) is 1.86. The molecular weight excluding hydrogens is 454 g/mol. The van der Waals surface area contributed by atoms with Crippen LogP contribution in [0.4, 0.5) is 0 Å². The average Bonchev–Trinajstić information content (AvgIpc) is 3.27. The second-order valence-electron chi connectivity index (χ2n) is 9.36. The molecule has 0 amide bonds. The molecular formula is C25H33NO5SSi. The molecule has 33 heavy (non-hydrogen) atoms. The van der Waals surface area contributed by atoms with Crippen LogP contribution in [-0.4, -0.2) is 57.1 Å². The maximum Gasteiger partial charge on any atom is 0.203 e. The molecule has 8 heteroatoms. The van der Waals surface area contributed by atoms with Crippen molar-refractivity contribution in [2.45, 2.75) is 44.4 Å². The third-order valence-corrected chi connectivity index (χ3v) is 11.0. The lowest BCUT2D eigenvalue weighted by Gasteiger charge is -2.35. The van der Waals surface area contributed by atoms with Crippen LogP contribution in [-0.2, 0) is 6.42 Å². The van der Waals surface area contributed by atoms with E-state index in [1.54, 1.807) is 23.9 Å². The monoisotopic (exact) mass is 487 g/mol. The third-order valence-electron chi connectivity index (χ3n) is 6.41. The van der Waals surface area contributed by atoms with Crippen LogP contribution in [0.3, 0.4) is 0 Å². The minimum Gasteiger partial charge on any atom is -0.493 e. The van der Waals surface area contributed by atoms with Crippen molar-refractivity contribution >= 4 is 30.9 Å². The van der Waals surface area contributed by atoms with Gasteiger partial charge in [-0.2, -0.15) is 0 Å². The lowest BCUT2D eigenvalue weighted by atomic mass is 10.0. The molecule has 1 heterocycles. The minimum atomic E-state index is -2.27. The molecule has 0 saturated heterocycles. The topological polar surface area (TPSA) is 77.4 Å². The summed E-state index contributed by atoms with van der Waals surface area (Å²) >= 11 is 1.59.